The number of nitrogens with two attached hydrogens (primary N) is 1. The first-order chi connectivity index (χ1) is 10.1. The summed E-state index contributed by atoms with van der Waals surface area (Å²) < 4.78 is 0.923. The quantitative estimate of drug-likeness (QED) is 0.672. The van der Waals surface area contributed by atoms with Crippen LogP contribution in [0, 0.1) is 3.57 Å². The van der Waals surface area contributed by atoms with E-state index in [1.54, 1.807) is 6.20 Å². The third-order valence-electron chi connectivity index (χ3n) is 3.33. The van der Waals surface area contributed by atoms with Gasteiger partial charge in [-0.25, -0.2) is 9.97 Å². The van der Waals surface area contributed by atoms with E-state index in [4.69, 9.17) is 10.7 Å². The number of nitrogen functional groups attached to an aromatic ring is 1. The van der Waals surface area contributed by atoms with Crippen molar-refractivity contribution >= 4 is 39.2 Å². The molecule has 0 unspecified atom stereocenters. The summed E-state index contributed by atoms with van der Waals surface area (Å²) in [5, 5.41) is 2.16. The van der Waals surface area contributed by atoms with Crippen molar-refractivity contribution in [3.05, 3.63) is 45.8 Å². The van der Waals surface area contributed by atoms with Crippen molar-refractivity contribution in [1.29, 1.82) is 0 Å². The van der Waals surface area contributed by atoms with Gasteiger partial charge in [-0.3, -0.25) is 4.98 Å². The predicted molar refractivity (Wildman–Crippen MR) is 94.0 cm³/mol. The molecule has 0 aliphatic carbocycles. The molecule has 0 aliphatic heterocycles. The van der Waals surface area contributed by atoms with Gasteiger partial charge in [-0.15, -0.1) is 0 Å². The summed E-state index contributed by atoms with van der Waals surface area (Å²) in [6.45, 7) is 4.20. The molecule has 5 heteroatoms. The number of aromatic nitrogens is 3. The maximum absolute atomic E-state index is 6.05. The van der Waals surface area contributed by atoms with Crippen LogP contribution in [0.25, 0.3) is 22.3 Å². The van der Waals surface area contributed by atoms with Gasteiger partial charge in [-0.05, 0) is 40.0 Å². The van der Waals surface area contributed by atoms with Crippen molar-refractivity contribution in [2.45, 2.75) is 19.8 Å². The molecule has 0 atom stereocenters. The van der Waals surface area contributed by atoms with Gasteiger partial charge in [0.2, 0.25) is 0 Å². The third-order valence-corrected chi connectivity index (χ3v) is 4.44. The SMILES string of the molecule is CC(C)c1nc(-c2nccc3ccccc23)nc(N)c1I. The topological polar surface area (TPSA) is 64.7 Å². The molecular weight excluding hydrogens is 375 g/mol. The second-order valence-electron chi connectivity index (χ2n) is 5.17. The fourth-order valence-electron chi connectivity index (χ4n) is 2.27. The van der Waals surface area contributed by atoms with Crippen LogP contribution in [0.2, 0.25) is 0 Å². The first-order valence-corrected chi connectivity index (χ1v) is 7.83. The molecule has 0 saturated carbocycles. The van der Waals surface area contributed by atoms with Gasteiger partial charge in [-0.1, -0.05) is 38.1 Å². The molecule has 3 rings (SSSR count). The molecule has 106 valence electrons. The Hall–Kier alpha value is -1.76. The number of fused-ring (bicyclic) bond motifs is 1. The highest BCUT2D eigenvalue weighted by atomic mass is 127. The van der Waals surface area contributed by atoms with E-state index in [-0.39, 0.29) is 5.92 Å². The van der Waals surface area contributed by atoms with Crippen LogP contribution < -0.4 is 5.73 Å². The normalized spacial score (nSPS) is 11.2. The minimum absolute atomic E-state index is 0.288. The Labute approximate surface area is 137 Å². The van der Waals surface area contributed by atoms with Crippen molar-refractivity contribution in [2.24, 2.45) is 0 Å². The molecular formula is C16H15IN4. The second-order valence-corrected chi connectivity index (χ2v) is 6.25. The number of pyridine rings is 1. The Bertz CT molecular complexity index is 809. The largest absolute Gasteiger partial charge is 0.383 e. The maximum atomic E-state index is 6.05. The Morgan fingerprint density at radius 2 is 1.86 bits per heavy atom. The lowest BCUT2D eigenvalue weighted by molar-refractivity contribution is 0.809. The predicted octanol–water partition coefficient (Wildman–Crippen LogP) is 4.00. The molecule has 0 fully saturated rings. The highest BCUT2D eigenvalue weighted by molar-refractivity contribution is 14.1. The van der Waals surface area contributed by atoms with Crippen LogP contribution in [-0.4, -0.2) is 15.0 Å². The molecule has 21 heavy (non-hydrogen) atoms. The summed E-state index contributed by atoms with van der Waals surface area (Å²) in [6, 6.07) is 10.1. The van der Waals surface area contributed by atoms with Gasteiger partial charge in [-0.2, -0.15) is 0 Å². The first-order valence-electron chi connectivity index (χ1n) is 6.75. The van der Waals surface area contributed by atoms with Gasteiger partial charge < -0.3 is 5.73 Å². The van der Waals surface area contributed by atoms with Crippen LogP contribution in [-0.2, 0) is 0 Å². The van der Waals surface area contributed by atoms with E-state index in [0.29, 0.717) is 11.6 Å². The average molecular weight is 390 g/mol. The lowest BCUT2D eigenvalue weighted by Gasteiger charge is -2.12. The molecule has 2 heterocycles. The van der Waals surface area contributed by atoms with Crippen molar-refractivity contribution in [2.75, 3.05) is 5.73 Å². The molecule has 0 bridgehead atoms. The third kappa shape index (κ3) is 2.57. The van der Waals surface area contributed by atoms with Gasteiger partial charge in [0.1, 0.15) is 11.5 Å². The number of hydrogen-bond acceptors (Lipinski definition) is 4. The summed E-state index contributed by atoms with van der Waals surface area (Å²) >= 11 is 2.20. The fourth-order valence-corrected chi connectivity index (χ4v) is 3.13. The van der Waals surface area contributed by atoms with Gasteiger partial charge in [0.15, 0.2) is 5.82 Å². The molecule has 2 aromatic heterocycles. The Kier molecular flexibility index (Phi) is 3.75. The fraction of sp³-hybridized carbons (Fsp3) is 0.188. The highest BCUT2D eigenvalue weighted by Gasteiger charge is 2.16. The molecule has 0 radical (unpaired) electrons. The standard InChI is InChI=1S/C16H15IN4/c1-9(2)13-12(17)15(18)21-16(20-13)14-11-6-4-3-5-10(11)7-8-19-14/h3-9H,1-2H3,(H2,18,20,21). The Balaban J connectivity index is 2.28. The van der Waals surface area contributed by atoms with E-state index in [2.05, 4.69) is 52.5 Å². The smallest absolute Gasteiger partial charge is 0.181 e. The van der Waals surface area contributed by atoms with Crippen LogP contribution in [0.5, 0.6) is 0 Å². The number of nitrogens with zero attached hydrogens (tertiary/aromatic N) is 3. The highest BCUT2D eigenvalue weighted by Crippen LogP contribution is 2.29. The zero-order valence-electron chi connectivity index (χ0n) is 11.8. The molecule has 2 N–H and O–H groups in total. The molecule has 3 aromatic rings. The van der Waals surface area contributed by atoms with Crippen LogP contribution in [0.1, 0.15) is 25.5 Å². The van der Waals surface area contributed by atoms with Gasteiger partial charge in [0, 0.05) is 11.6 Å². The van der Waals surface area contributed by atoms with Crippen molar-refractivity contribution in [3.63, 3.8) is 0 Å². The summed E-state index contributed by atoms with van der Waals surface area (Å²) in [5.41, 5.74) is 7.80. The minimum atomic E-state index is 0.288. The average Bonchev–Trinajstić information content (AvgIpc) is 2.49. The van der Waals surface area contributed by atoms with Crippen molar-refractivity contribution in [3.8, 4) is 11.5 Å². The zero-order valence-corrected chi connectivity index (χ0v) is 14.0. The van der Waals surface area contributed by atoms with Crippen LogP contribution in [0.3, 0.4) is 0 Å². The van der Waals surface area contributed by atoms with Crippen molar-refractivity contribution in [1.82, 2.24) is 15.0 Å². The molecule has 4 nitrogen and oxygen atoms in total. The Morgan fingerprint density at radius 3 is 2.62 bits per heavy atom. The van der Waals surface area contributed by atoms with E-state index in [1.807, 2.05) is 24.3 Å². The summed E-state index contributed by atoms with van der Waals surface area (Å²) in [4.78, 5) is 13.6. The monoisotopic (exact) mass is 390 g/mol. The van der Waals surface area contributed by atoms with E-state index < -0.39 is 0 Å². The van der Waals surface area contributed by atoms with E-state index in [0.717, 1.165) is 25.7 Å². The number of halogens is 1. The first kappa shape index (κ1) is 14.2. The molecule has 0 aliphatic rings. The van der Waals surface area contributed by atoms with Gasteiger partial charge in [0.05, 0.1) is 9.26 Å². The number of rotatable bonds is 2. The maximum Gasteiger partial charge on any atom is 0.181 e. The number of anilines is 1. The van der Waals surface area contributed by atoms with Crippen LogP contribution in [0.4, 0.5) is 5.82 Å². The van der Waals surface area contributed by atoms with Gasteiger partial charge >= 0.3 is 0 Å². The van der Waals surface area contributed by atoms with Gasteiger partial charge in [0.25, 0.3) is 0 Å². The molecule has 1 aromatic carbocycles. The van der Waals surface area contributed by atoms with E-state index in [9.17, 15) is 0 Å². The van der Waals surface area contributed by atoms with Crippen LogP contribution >= 0.6 is 22.6 Å². The van der Waals surface area contributed by atoms with E-state index in [1.165, 1.54) is 0 Å². The lowest BCUT2D eigenvalue weighted by atomic mass is 10.1. The number of benzene rings is 1. The summed E-state index contributed by atoms with van der Waals surface area (Å²) in [6.07, 6.45) is 1.78. The zero-order chi connectivity index (χ0) is 15.0. The van der Waals surface area contributed by atoms with Crippen LogP contribution in [0.15, 0.2) is 36.5 Å². The minimum Gasteiger partial charge on any atom is -0.383 e. The molecule has 0 saturated heterocycles. The second kappa shape index (κ2) is 5.55. The molecule has 0 spiro atoms. The van der Waals surface area contributed by atoms with Crippen molar-refractivity contribution < 1.29 is 0 Å². The summed E-state index contributed by atoms with van der Waals surface area (Å²) in [7, 11) is 0. The lowest BCUT2D eigenvalue weighted by Crippen LogP contribution is -2.07. The number of hydrogen-bond donors (Lipinski definition) is 1. The van der Waals surface area contributed by atoms with E-state index >= 15 is 0 Å². The Morgan fingerprint density at radius 1 is 1.10 bits per heavy atom. The molecule has 0 amide bonds. The summed E-state index contributed by atoms with van der Waals surface area (Å²) in [5.74, 6) is 1.39.